The summed E-state index contributed by atoms with van der Waals surface area (Å²) in [5, 5.41) is 1.39. The second-order valence-electron chi connectivity index (χ2n) is 9.41. The predicted molar refractivity (Wildman–Crippen MR) is 150 cm³/mol. The van der Waals surface area contributed by atoms with Crippen molar-refractivity contribution in [3.05, 3.63) is 133 Å². The third-order valence-electron chi connectivity index (χ3n) is 7.01. The minimum atomic E-state index is -1.52. The van der Waals surface area contributed by atoms with Crippen LogP contribution in [0.3, 0.4) is 0 Å². The molecule has 0 N–H and O–H groups in total. The zero-order valence-electron chi connectivity index (χ0n) is 21.2. The Kier molecular flexibility index (Phi) is 5.82. The van der Waals surface area contributed by atoms with Crippen molar-refractivity contribution in [2.24, 2.45) is 0 Å². The van der Waals surface area contributed by atoms with E-state index in [1.165, 1.54) is 16.7 Å². The van der Waals surface area contributed by atoms with Crippen LogP contribution in [0.1, 0.15) is 0 Å². The Labute approximate surface area is 231 Å². The van der Waals surface area contributed by atoms with Crippen molar-refractivity contribution in [3.63, 3.8) is 0 Å². The molecule has 4 nitrogen and oxygen atoms in total. The summed E-state index contributed by atoms with van der Waals surface area (Å²) in [4.78, 5) is 13.1. The molecule has 8 heteroatoms. The summed E-state index contributed by atoms with van der Waals surface area (Å²) in [6, 6.07) is 26.8. The number of rotatable bonds is 4. The van der Waals surface area contributed by atoms with Crippen LogP contribution in [0.4, 0.5) is 17.6 Å². The molecule has 0 spiro atoms. The van der Waals surface area contributed by atoms with Crippen molar-refractivity contribution in [3.8, 4) is 39.6 Å². The van der Waals surface area contributed by atoms with Gasteiger partial charge in [-0.25, -0.2) is 22.5 Å². The van der Waals surface area contributed by atoms with Gasteiger partial charge in [-0.2, -0.15) is 0 Å². The zero-order chi connectivity index (χ0) is 28.1. The quantitative estimate of drug-likeness (QED) is 0.164. The Morgan fingerprint density at radius 2 is 0.951 bits per heavy atom. The zero-order valence-corrected chi connectivity index (χ0v) is 21.2. The molecule has 198 valence electrons. The first-order valence-electron chi connectivity index (χ1n) is 12.7. The highest BCUT2D eigenvalue weighted by Gasteiger charge is 2.30. The molecule has 0 saturated heterocycles. The number of para-hydroxylation sites is 2. The molecule has 41 heavy (non-hydrogen) atoms. The summed E-state index contributed by atoms with van der Waals surface area (Å²) in [5.41, 5.74) is 0.387. The highest BCUT2D eigenvalue weighted by Crippen LogP contribution is 2.39. The van der Waals surface area contributed by atoms with E-state index in [2.05, 4.69) is 15.0 Å². The molecule has 0 fully saturated rings. The van der Waals surface area contributed by atoms with E-state index < -0.39 is 34.5 Å². The van der Waals surface area contributed by atoms with E-state index in [9.17, 15) is 0 Å². The second-order valence-corrected chi connectivity index (χ2v) is 9.41. The first-order valence-corrected chi connectivity index (χ1v) is 12.7. The average Bonchev–Trinajstić information content (AvgIpc) is 3.35. The topological polar surface area (TPSA) is 43.6 Å². The van der Waals surface area contributed by atoms with Crippen LogP contribution in [0.25, 0.3) is 61.4 Å². The minimum absolute atomic E-state index is 0.108. The van der Waals surface area contributed by atoms with Crippen molar-refractivity contribution in [2.75, 3.05) is 0 Å². The van der Waals surface area contributed by atoms with Gasteiger partial charge in [-0.3, -0.25) is 9.97 Å². The number of fused-ring (bicyclic) bond motifs is 3. The molecule has 0 amide bonds. The van der Waals surface area contributed by atoms with Crippen LogP contribution < -0.4 is 0 Å². The van der Waals surface area contributed by atoms with Crippen LogP contribution in [-0.2, 0) is 0 Å². The fraction of sp³-hybridized carbons (Fsp3) is 0. The van der Waals surface area contributed by atoms with E-state index in [-0.39, 0.29) is 17.0 Å². The third-order valence-corrected chi connectivity index (χ3v) is 7.01. The largest absolute Gasteiger partial charge is 0.304 e. The fourth-order valence-electron chi connectivity index (χ4n) is 5.20. The molecular formula is C33H18F4N4. The molecule has 7 aromatic rings. The van der Waals surface area contributed by atoms with Gasteiger partial charge < -0.3 is 4.57 Å². The van der Waals surface area contributed by atoms with Crippen molar-refractivity contribution in [2.45, 2.75) is 0 Å². The summed E-state index contributed by atoms with van der Waals surface area (Å²) < 4.78 is 65.2. The molecule has 3 aromatic carbocycles. The SMILES string of the molecule is Fc1c(F)c(-n2c3ccccc3c3ccccc32)c(F)c(F)c1-c1cc(-c2ccccn2)nc(-c2ccccn2)c1. The Morgan fingerprint density at radius 1 is 0.488 bits per heavy atom. The number of nitrogens with zero attached hydrogens (tertiary/aromatic N) is 4. The molecule has 0 aliphatic carbocycles. The van der Waals surface area contributed by atoms with Gasteiger partial charge >= 0.3 is 0 Å². The number of benzene rings is 3. The van der Waals surface area contributed by atoms with Crippen LogP contribution in [0.2, 0.25) is 0 Å². The van der Waals surface area contributed by atoms with Crippen LogP contribution in [0.5, 0.6) is 0 Å². The van der Waals surface area contributed by atoms with Gasteiger partial charge in [0.05, 0.1) is 39.4 Å². The van der Waals surface area contributed by atoms with Gasteiger partial charge in [0.1, 0.15) is 5.69 Å². The smallest absolute Gasteiger partial charge is 0.186 e. The average molecular weight is 547 g/mol. The van der Waals surface area contributed by atoms with Gasteiger partial charge in [0.25, 0.3) is 0 Å². The van der Waals surface area contributed by atoms with E-state index in [0.29, 0.717) is 33.2 Å². The van der Waals surface area contributed by atoms with Crippen molar-refractivity contribution < 1.29 is 17.6 Å². The van der Waals surface area contributed by atoms with Crippen LogP contribution in [-0.4, -0.2) is 19.5 Å². The predicted octanol–water partition coefficient (Wildman–Crippen LogP) is 8.53. The molecule has 0 atom stereocenters. The maximum Gasteiger partial charge on any atom is 0.186 e. The van der Waals surface area contributed by atoms with Crippen molar-refractivity contribution >= 4 is 21.8 Å². The fourth-order valence-corrected chi connectivity index (χ4v) is 5.20. The Morgan fingerprint density at radius 3 is 1.41 bits per heavy atom. The highest BCUT2D eigenvalue weighted by atomic mass is 19.2. The Hall–Kier alpha value is -5.37. The summed E-state index contributed by atoms with van der Waals surface area (Å²) in [6.45, 7) is 0. The first-order chi connectivity index (χ1) is 20.0. The van der Waals surface area contributed by atoms with Crippen molar-refractivity contribution in [1.29, 1.82) is 0 Å². The molecular weight excluding hydrogens is 528 g/mol. The maximum absolute atomic E-state index is 16.0. The normalized spacial score (nSPS) is 11.4. The number of pyridine rings is 3. The van der Waals surface area contributed by atoms with Crippen LogP contribution in [0, 0.1) is 23.3 Å². The molecule has 4 aromatic heterocycles. The van der Waals surface area contributed by atoms with Crippen LogP contribution >= 0.6 is 0 Å². The number of hydrogen-bond donors (Lipinski definition) is 0. The van der Waals surface area contributed by atoms with E-state index in [1.807, 2.05) is 0 Å². The number of aromatic nitrogens is 4. The number of halogens is 4. The first kappa shape index (κ1) is 24.7. The molecule has 0 unspecified atom stereocenters. The van der Waals surface area contributed by atoms with Gasteiger partial charge in [0, 0.05) is 23.2 Å². The summed E-state index contributed by atoms with van der Waals surface area (Å²) in [6.07, 6.45) is 3.09. The van der Waals surface area contributed by atoms with Gasteiger partial charge in [0.2, 0.25) is 0 Å². The minimum Gasteiger partial charge on any atom is -0.304 e. The summed E-state index contributed by atoms with van der Waals surface area (Å²) in [7, 11) is 0. The van der Waals surface area contributed by atoms with Gasteiger partial charge in [-0.05, 0) is 54.1 Å². The molecule has 0 saturated carbocycles. The van der Waals surface area contributed by atoms with Gasteiger partial charge in [0.15, 0.2) is 23.3 Å². The molecule has 4 heterocycles. The van der Waals surface area contributed by atoms with Gasteiger partial charge in [-0.15, -0.1) is 0 Å². The van der Waals surface area contributed by atoms with E-state index >= 15 is 17.6 Å². The molecule has 0 radical (unpaired) electrons. The lowest BCUT2D eigenvalue weighted by molar-refractivity contribution is 0.454. The molecule has 0 aliphatic rings. The van der Waals surface area contributed by atoms with E-state index in [1.54, 1.807) is 97.3 Å². The maximum atomic E-state index is 16.0. The highest BCUT2D eigenvalue weighted by molar-refractivity contribution is 6.09. The number of hydrogen-bond acceptors (Lipinski definition) is 3. The molecule has 0 bridgehead atoms. The second kappa shape index (κ2) is 9.67. The van der Waals surface area contributed by atoms with Crippen molar-refractivity contribution in [1.82, 2.24) is 19.5 Å². The van der Waals surface area contributed by atoms with E-state index in [0.717, 1.165) is 0 Å². The summed E-state index contributed by atoms with van der Waals surface area (Å²) in [5.74, 6) is -6.07. The monoisotopic (exact) mass is 546 g/mol. The Bertz CT molecular complexity index is 1950. The van der Waals surface area contributed by atoms with E-state index in [4.69, 9.17) is 0 Å². The lowest BCUT2D eigenvalue weighted by Crippen LogP contribution is -2.09. The van der Waals surface area contributed by atoms with Crippen LogP contribution in [0.15, 0.2) is 109 Å². The third kappa shape index (κ3) is 3.95. The molecule has 7 rings (SSSR count). The summed E-state index contributed by atoms with van der Waals surface area (Å²) >= 11 is 0. The van der Waals surface area contributed by atoms with Gasteiger partial charge in [-0.1, -0.05) is 48.5 Å². The molecule has 0 aliphatic heterocycles. The lowest BCUT2D eigenvalue weighted by Gasteiger charge is -2.16. The Balaban J connectivity index is 1.51. The standard InChI is InChI=1S/C33H18F4N4/c34-29-28(19-17-24(22-11-5-7-15-38-22)40-25(18-19)23-12-6-8-16-39-23)30(35)32(37)33(31(29)36)41-26-13-3-1-9-20(26)21-10-2-4-14-27(21)41/h1-18H. The lowest BCUT2D eigenvalue weighted by atomic mass is 10.00.